The summed E-state index contributed by atoms with van der Waals surface area (Å²) in [6, 6.07) is 4.81. The molecule has 0 radical (unpaired) electrons. The van der Waals surface area contributed by atoms with E-state index in [1.54, 1.807) is 18.5 Å². The summed E-state index contributed by atoms with van der Waals surface area (Å²) in [6.45, 7) is 6.94. The van der Waals surface area contributed by atoms with Gasteiger partial charge in [-0.2, -0.15) is 0 Å². The molecule has 0 bridgehead atoms. The van der Waals surface area contributed by atoms with Gasteiger partial charge in [0, 0.05) is 0 Å². The van der Waals surface area contributed by atoms with Crippen molar-refractivity contribution >= 4 is 42.9 Å². The molecule has 1 aromatic carbocycles. The molecular formula is C20H33MgO5P. The summed E-state index contributed by atoms with van der Waals surface area (Å²) in [5.41, 5.74) is -0.339. The van der Waals surface area contributed by atoms with Crippen LogP contribution in [0.5, 0.6) is 0 Å². The van der Waals surface area contributed by atoms with Crippen molar-refractivity contribution in [3.63, 3.8) is 0 Å². The number of carboxylic acids is 2. The molecule has 0 aliphatic carbocycles. The Morgan fingerprint density at radius 1 is 0.815 bits per heavy atom. The van der Waals surface area contributed by atoms with E-state index in [0.717, 1.165) is 6.07 Å². The summed E-state index contributed by atoms with van der Waals surface area (Å²) in [6.07, 6.45) is 13.2. The first-order valence-electron chi connectivity index (χ1n) is 9.21. The summed E-state index contributed by atoms with van der Waals surface area (Å²) in [5.74, 6) is -2.81. The molecule has 0 heterocycles. The van der Waals surface area contributed by atoms with Gasteiger partial charge in [-0.25, -0.2) is 0 Å². The van der Waals surface area contributed by atoms with Gasteiger partial charge in [-0.3, -0.25) is 0 Å². The molecule has 0 spiro atoms. The van der Waals surface area contributed by atoms with Gasteiger partial charge in [-0.1, -0.05) is 58.2 Å². The molecule has 0 amide bonds. The molecule has 0 aliphatic rings. The van der Waals surface area contributed by atoms with Crippen LogP contribution >= 0.6 is 7.92 Å². The number of aromatic carboxylic acids is 2. The average Bonchev–Trinajstić information content (AvgIpc) is 2.61. The van der Waals surface area contributed by atoms with Crippen LogP contribution in [-0.4, -0.2) is 59.0 Å². The minimum absolute atomic E-state index is 0. The van der Waals surface area contributed by atoms with E-state index in [-0.39, 0.29) is 39.7 Å². The summed E-state index contributed by atoms with van der Waals surface area (Å²) < 4.78 is 0. The van der Waals surface area contributed by atoms with E-state index >= 15 is 0 Å². The molecular weight excluding hydrogens is 375 g/mol. The van der Waals surface area contributed by atoms with Crippen LogP contribution in [0.25, 0.3) is 0 Å². The Kier molecular flexibility index (Phi) is 23.1. The van der Waals surface area contributed by atoms with Crippen molar-refractivity contribution in [1.82, 2.24) is 0 Å². The van der Waals surface area contributed by atoms with Crippen molar-refractivity contribution in [2.75, 3.05) is 18.5 Å². The quantitative estimate of drug-likeness (QED) is 0.412. The van der Waals surface area contributed by atoms with Crippen LogP contribution in [0.4, 0.5) is 0 Å². The van der Waals surface area contributed by atoms with Gasteiger partial charge in [0.25, 0.3) is 0 Å². The smallest absolute Gasteiger partial charge is 0.545 e. The summed E-state index contributed by atoms with van der Waals surface area (Å²) in [5, 5.41) is 20.5. The number of carboxylic acid groups (broad SMARTS) is 2. The maximum Gasteiger partial charge on any atom is 2.00 e. The number of carbonyl (C=O) groups is 2. The molecule has 0 aliphatic heterocycles. The Morgan fingerprint density at radius 3 is 1.41 bits per heavy atom. The zero-order chi connectivity index (χ0) is 19.1. The molecule has 7 heteroatoms. The van der Waals surface area contributed by atoms with Gasteiger partial charge in [-0.05, 0) is 54.9 Å². The third-order valence-corrected chi connectivity index (χ3v) is 6.66. The Bertz CT molecular complexity index is 463. The normalized spacial score (nSPS) is 9.48. The molecule has 150 valence electrons. The van der Waals surface area contributed by atoms with Crippen LogP contribution in [0.3, 0.4) is 0 Å². The van der Waals surface area contributed by atoms with Gasteiger partial charge in [0.1, 0.15) is 0 Å². The standard InChI is InChI=1S/C12H27P.C8H6O4.Mg.H2O/c1-4-7-10-13(11-8-5-2)12-9-6-3;9-7(10)5-2-1-3-6(4-5)8(11)12;;/h4-12H2,1-3H3;1-4H,(H,9,10)(H,11,12);;1H2/q;;+2;/p-2. The molecule has 0 aromatic heterocycles. The molecule has 0 unspecified atom stereocenters. The topological polar surface area (TPSA) is 112 Å². The predicted octanol–water partition coefficient (Wildman–Crippen LogP) is 2.08. The van der Waals surface area contributed by atoms with Gasteiger partial charge in [0.05, 0.1) is 11.9 Å². The van der Waals surface area contributed by atoms with E-state index in [0.29, 0.717) is 7.92 Å². The third kappa shape index (κ3) is 16.0. The maximum absolute atomic E-state index is 10.3. The van der Waals surface area contributed by atoms with E-state index in [2.05, 4.69) is 20.8 Å². The second-order valence-electron chi connectivity index (χ2n) is 6.06. The van der Waals surface area contributed by atoms with Crippen LogP contribution in [0, 0.1) is 0 Å². The first-order valence-corrected chi connectivity index (χ1v) is 11.1. The van der Waals surface area contributed by atoms with Crippen LogP contribution < -0.4 is 10.2 Å². The number of hydrogen-bond donors (Lipinski definition) is 0. The van der Waals surface area contributed by atoms with E-state index in [1.807, 2.05) is 0 Å². The number of benzene rings is 1. The molecule has 0 saturated carbocycles. The van der Waals surface area contributed by atoms with Crippen molar-refractivity contribution in [2.24, 2.45) is 0 Å². The molecule has 0 fully saturated rings. The number of carbonyl (C=O) groups excluding carboxylic acids is 2. The average molecular weight is 409 g/mol. The Labute approximate surface area is 181 Å². The first-order chi connectivity index (χ1) is 12.0. The number of hydrogen-bond acceptors (Lipinski definition) is 4. The molecule has 27 heavy (non-hydrogen) atoms. The number of rotatable bonds is 11. The Balaban J connectivity index is -0.000000398. The summed E-state index contributed by atoms with van der Waals surface area (Å²) in [7, 11) is 0.422. The van der Waals surface area contributed by atoms with Gasteiger partial charge >= 0.3 is 23.1 Å². The maximum atomic E-state index is 10.3. The largest absolute Gasteiger partial charge is 2.00 e. The van der Waals surface area contributed by atoms with Gasteiger partial charge in [0.15, 0.2) is 0 Å². The molecule has 2 N–H and O–H groups in total. The van der Waals surface area contributed by atoms with Crippen molar-refractivity contribution in [3.8, 4) is 0 Å². The number of unbranched alkanes of at least 4 members (excludes halogenated alkanes) is 3. The van der Waals surface area contributed by atoms with Crippen molar-refractivity contribution in [2.45, 2.75) is 59.3 Å². The molecule has 5 nitrogen and oxygen atoms in total. The SMILES string of the molecule is CCCCP(CCCC)CCCC.O.O=C([O-])c1cccc(C(=O)[O-])c1.[Mg+2]. The van der Waals surface area contributed by atoms with Crippen LogP contribution in [0.15, 0.2) is 24.3 Å². The van der Waals surface area contributed by atoms with Crippen molar-refractivity contribution in [3.05, 3.63) is 35.4 Å². The zero-order valence-electron chi connectivity index (χ0n) is 17.0. The van der Waals surface area contributed by atoms with Gasteiger partial charge in [0.2, 0.25) is 0 Å². The van der Waals surface area contributed by atoms with Gasteiger partial charge in [-0.15, -0.1) is 7.92 Å². The van der Waals surface area contributed by atoms with Gasteiger partial charge < -0.3 is 25.3 Å². The van der Waals surface area contributed by atoms with E-state index in [1.165, 1.54) is 56.7 Å². The zero-order valence-corrected chi connectivity index (χ0v) is 19.3. The van der Waals surface area contributed by atoms with Crippen LogP contribution in [0.1, 0.15) is 80.0 Å². The first kappa shape index (κ1) is 31.0. The molecule has 1 aromatic rings. The second kappa shape index (κ2) is 20.1. The van der Waals surface area contributed by atoms with E-state index < -0.39 is 11.9 Å². The van der Waals surface area contributed by atoms with Crippen LogP contribution in [0.2, 0.25) is 0 Å². The monoisotopic (exact) mass is 408 g/mol. The molecule has 0 saturated heterocycles. The third-order valence-electron chi connectivity index (χ3n) is 3.82. The van der Waals surface area contributed by atoms with E-state index in [9.17, 15) is 19.8 Å². The Hall–Kier alpha value is -0.684. The Morgan fingerprint density at radius 2 is 1.15 bits per heavy atom. The fourth-order valence-electron chi connectivity index (χ4n) is 2.25. The molecule has 0 atom stereocenters. The van der Waals surface area contributed by atoms with Crippen LogP contribution in [-0.2, 0) is 0 Å². The summed E-state index contributed by atoms with van der Waals surface area (Å²) in [4.78, 5) is 20.5. The van der Waals surface area contributed by atoms with Crippen molar-refractivity contribution in [1.29, 1.82) is 0 Å². The fraction of sp³-hybridized carbons (Fsp3) is 0.600. The minimum Gasteiger partial charge on any atom is -0.545 e. The van der Waals surface area contributed by atoms with E-state index in [4.69, 9.17) is 0 Å². The fourth-order valence-corrected chi connectivity index (χ4v) is 5.21. The van der Waals surface area contributed by atoms with Crippen molar-refractivity contribution < 1.29 is 25.3 Å². The minimum atomic E-state index is -1.40. The molecule has 1 rings (SSSR count). The predicted molar refractivity (Wildman–Crippen MR) is 111 cm³/mol. The summed E-state index contributed by atoms with van der Waals surface area (Å²) >= 11 is 0. The second-order valence-corrected chi connectivity index (χ2v) is 8.74.